The van der Waals surface area contributed by atoms with E-state index in [0.717, 1.165) is 12.1 Å². The minimum Gasteiger partial charge on any atom is -0.481 e. The van der Waals surface area contributed by atoms with Crippen molar-refractivity contribution in [1.29, 1.82) is 0 Å². The summed E-state index contributed by atoms with van der Waals surface area (Å²) in [5.41, 5.74) is 0.316. The molecule has 6 rings (SSSR count). The predicted octanol–water partition coefficient (Wildman–Crippen LogP) is 6.17. The van der Waals surface area contributed by atoms with Crippen LogP contribution in [-0.2, 0) is 94.6 Å². The van der Waals surface area contributed by atoms with Gasteiger partial charge < -0.3 is 38.4 Å². The molecule has 2 aliphatic heterocycles. The van der Waals surface area contributed by atoms with E-state index >= 15 is 0 Å². The molecule has 0 saturated heterocycles. The van der Waals surface area contributed by atoms with Gasteiger partial charge in [0, 0.05) is 65.4 Å². The van der Waals surface area contributed by atoms with Gasteiger partial charge in [-0.05, 0) is 91.4 Å². The number of methoxy groups -OCH3 is 1. The summed E-state index contributed by atoms with van der Waals surface area (Å²) in [4.78, 5) is 10.0. The van der Waals surface area contributed by atoms with Gasteiger partial charge in [0.05, 0.1) is 87.0 Å². The average Bonchev–Trinajstić information content (AvgIpc) is 1.82. The third kappa shape index (κ3) is 17.3. The molecule has 2 aliphatic rings. The van der Waals surface area contributed by atoms with E-state index in [1.807, 2.05) is 4.90 Å². The Kier molecular flexibility index (Phi) is 23.1. The third-order valence-electron chi connectivity index (χ3n) is 14.3. The highest BCUT2D eigenvalue weighted by molar-refractivity contribution is 7.87. The zero-order valence-electron chi connectivity index (χ0n) is 46.7. The Labute approximate surface area is 489 Å². The second-order valence-corrected chi connectivity index (χ2v) is 27.6. The first-order chi connectivity index (χ1) is 39.3. The van der Waals surface area contributed by atoms with Crippen LogP contribution in [0, 0.1) is 0 Å². The van der Waals surface area contributed by atoms with E-state index in [0.29, 0.717) is 106 Å². The molecule has 1 atom stereocenters. The summed E-state index contributed by atoms with van der Waals surface area (Å²) in [5, 5.41) is 9.19. The maximum atomic E-state index is 12.9. The van der Waals surface area contributed by atoms with Crippen molar-refractivity contribution in [3.8, 4) is 0 Å². The van der Waals surface area contributed by atoms with Crippen molar-refractivity contribution >= 4 is 95.2 Å². The van der Waals surface area contributed by atoms with Crippen LogP contribution in [0.25, 0.3) is 21.5 Å². The van der Waals surface area contributed by atoms with E-state index in [1.165, 1.54) is 12.1 Å². The van der Waals surface area contributed by atoms with Crippen LogP contribution in [0.3, 0.4) is 0 Å². The van der Waals surface area contributed by atoms with Gasteiger partial charge in [0.2, 0.25) is 5.69 Å². The van der Waals surface area contributed by atoms with Gasteiger partial charge in [-0.1, -0.05) is 44.6 Å². The third-order valence-corrected chi connectivity index (χ3v) is 18.5. The molecule has 0 aliphatic carbocycles. The lowest BCUT2D eigenvalue weighted by Gasteiger charge is -2.27. The number of hydrogen-bond donors (Lipinski definition) is 6. The van der Waals surface area contributed by atoms with Crippen molar-refractivity contribution in [2.45, 2.75) is 89.7 Å². The molecule has 84 heavy (non-hydrogen) atoms. The standard InChI is InChI=1S/C54H70N2O23S5/c1-53(2)48(55(20-10-6-9-14-50(57)58)44-17-15-40-42(51(44)53)34-38(81(62,63)64)36-46(40)83(68,69)70)12-7-5-8-13-49-54(3,19-11-33-80(59,60)61)52-43-35-39(82(65,66)67)37-47(84(71,72)73)41(43)16-18-45(52)56(49)21-22-75-25-26-77-29-30-79-32-31-78-28-27-76-24-23-74-4/h5,7-8,12-13,15-18,34-37H,6,9-11,14,19-33H2,1-4H3,(H5-,57,58,59,60,61,62,63,64,65,66,67,68,69,70,71,72,73)/p+1. The number of carboxylic acids is 1. The van der Waals surface area contributed by atoms with Crippen LogP contribution in [0.4, 0.5) is 11.4 Å². The van der Waals surface area contributed by atoms with E-state index in [-0.39, 0.29) is 85.9 Å². The summed E-state index contributed by atoms with van der Waals surface area (Å²) in [6, 6.07) is 9.38. The number of nitrogens with zero attached hydrogens (tertiary/aromatic N) is 2. The number of allylic oxidation sites excluding steroid dienone is 6. The highest BCUT2D eigenvalue weighted by Gasteiger charge is 2.49. The van der Waals surface area contributed by atoms with E-state index < -0.39 is 92.7 Å². The molecule has 25 nitrogen and oxygen atoms in total. The fraction of sp³-hybridized carbons (Fsp3) is 0.481. The monoisotopic (exact) mass is 1280 g/mol. The second-order valence-electron chi connectivity index (χ2n) is 20.4. The minimum atomic E-state index is -5.15. The lowest BCUT2D eigenvalue weighted by molar-refractivity contribution is -0.442. The van der Waals surface area contributed by atoms with Crippen molar-refractivity contribution in [1.82, 2.24) is 0 Å². The van der Waals surface area contributed by atoms with Gasteiger partial charge in [-0.3, -0.25) is 27.6 Å². The number of carbonyl (C=O) groups is 1. The van der Waals surface area contributed by atoms with Gasteiger partial charge in [-0.2, -0.15) is 46.7 Å². The van der Waals surface area contributed by atoms with Gasteiger partial charge in [-0.25, -0.2) is 0 Å². The van der Waals surface area contributed by atoms with Gasteiger partial charge in [0.1, 0.15) is 16.4 Å². The normalized spacial score (nSPS) is 17.2. The maximum absolute atomic E-state index is 12.9. The summed E-state index contributed by atoms with van der Waals surface area (Å²) < 4.78 is 212. The molecule has 0 saturated carbocycles. The first-order valence-corrected chi connectivity index (χ1v) is 33.8. The molecule has 0 spiro atoms. The summed E-state index contributed by atoms with van der Waals surface area (Å²) in [6.07, 6.45) is 9.44. The summed E-state index contributed by atoms with van der Waals surface area (Å²) in [7, 11) is -23.3. The highest BCUT2D eigenvalue weighted by Crippen LogP contribution is 2.52. The molecule has 0 bridgehead atoms. The number of fused-ring (bicyclic) bond motifs is 6. The molecule has 0 radical (unpaired) electrons. The molecule has 0 amide bonds. The van der Waals surface area contributed by atoms with Crippen molar-refractivity contribution in [2.75, 3.05) is 104 Å². The number of unbranched alkanes of at least 4 members (excludes halogenated alkanes) is 2. The van der Waals surface area contributed by atoms with Crippen molar-refractivity contribution in [3.05, 3.63) is 95.7 Å². The Morgan fingerprint density at radius 1 is 0.571 bits per heavy atom. The summed E-state index contributed by atoms with van der Waals surface area (Å²) >= 11 is 0. The minimum absolute atomic E-state index is 0.0256. The van der Waals surface area contributed by atoms with Gasteiger partial charge in [0.15, 0.2) is 12.3 Å². The second kappa shape index (κ2) is 28.6. The predicted molar refractivity (Wildman–Crippen MR) is 309 cm³/mol. The number of anilines is 1. The van der Waals surface area contributed by atoms with Crippen LogP contribution in [0.2, 0.25) is 0 Å². The molecule has 4 aromatic carbocycles. The van der Waals surface area contributed by atoms with Crippen LogP contribution in [-0.4, -0.2) is 185 Å². The smallest absolute Gasteiger partial charge is 0.303 e. The van der Waals surface area contributed by atoms with Crippen LogP contribution in [0.1, 0.15) is 70.4 Å². The Morgan fingerprint density at radius 3 is 1.56 bits per heavy atom. The molecule has 30 heteroatoms. The zero-order chi connectivity index (χ0) is 61.9. The lowest BCUT2D eigenvalue weighted by atomic mass is 9.74. The SMILES string of the molecule is COCCOCCOCCOCCOCCOCC[N+]1=C(/C=C/C=C/C=C2/N(CCCCCC(=O)O)c3ccc4c(S(=O)(=O)O)cc(S(=O)(=O)O)cc4c3C2(C)C)C(C)(CCCS(=O)(=O)O)c2c1ccc1c(S(=O)(=O)O)cc(S(=O)(=O)O)cc21. The quantitative estimate of drug-likeness (QED) is 0.0130. The fourth-order valence-electron chi connectivity index (χ4n) is 10.6. The molecule has 0 fully saturated rings. The van der Waals surface area contributed by atoms with E-state index in [2.05, 4.69) is 0 Å². The highest BCUT2D eigenvalue weighted by atomic mass is 32.2. The molecular weight excluding hydrogens is 1200 g/mol. The molecule has 464 valence electrons. The largest absolute Gasteiger partial charge is 0.481 e. The van der Waals surface area contributed by atoms with Gasteiger partial charge in [0.25, 0.3) is 50.6 Å². The number of ether oxygens (including phenoxy) is 6. The summed E-state index contributed by atoms with van der Waals surface area (Å²) in [6.45, 7) is 9.09. The van der Waals surface area contributed by atoms with Gasteiger partial charge in [-0.15, -0.1) is 0 Å². The van der Waals surface area contributed by atoms with Crippen molar-refractivity contribution in [3.63, 3.8) is 0 Å². The number of benzene rings is 4. The van der Waals surface area contributed by atoms with Crippen LogP contribution in [0.5, 0.6) is 0 Å². The van der Waals surface area contributed by atoms with E-state index in [4.69, 9.17) is 28.4 Å². The number of aliphatic carboxylic acids is 1. The topological polar surface area (TPSA) is 371 Å². The van der Waals surface area contributed by atoms with Crippen LogP contribution >= 0.6 is 0 Å². The molecule has 1 unspecified atom stereocenters. The maximum Gasteiger partial charge on any atom is 0.303 e. The lowest BCUT2D eigenvalue weighted by Crippen LogP contribution is -2.33. The number of carboxylic acid groups (broad SMARTS) is 1. The van der Waals surface area contributed by atoms with Crippen LogP contribution in [0.15, 0.2) is 104 Å². The molecule has 6 N–H and O–H groups in total. The van der Waals surface area contributed by atoms with Crippen LogP contribution < -0.4 is 4.90 Å². The Morgan fingerprint density at radius 2 is 1.07 bits per heavy atom. The Bertz CT molecular complexity index is 3780. The van der Waals surface area contributed by atoms with E-state index in [1.54, 1.807) is 75.0 Å². The molecular formula is C54H71N2O23S5+. The molecule has 0 aromatic heterocycles. The molecule has 2 heterocycles. The average molecular weight is 1280 g/mol. The molecule has 4 aromatic rings. The van der Waals surface area contributed by atoms with Crippen molar-refractivity contribution in [2.24, 2.45) is 0 Å². The zero-order valence-corrected chi connectivity index (χ0v) is 50.8. The number of rotatable bonds is 35. The fourth-order valence-corrected chi connectivity index (χ4v) is 13.8. The summed E-state index contributed by atoms with van der Waals surface area (Å²) in [5.74, 6) is -1.67. The first-order valence-electron chi connectivity index (χ1n) is 26.5. The number of hydrogen-bond acceptors (Lipinski definition) is 18. The first kappa shape index (κ1) is 68.0. The van der Waals surface area contributed by atoms with Gasteiger partial charge >= 0.3 is 5.97 Å². The Hall–Kier alpha value is -5.13. The van der Waals surface area contributed by atoms with E-state index in [9.17, 15) is 74.8 Å². The van der Waals surface area contributed by atoms with Crippen molar-refractivity contribution < 1.29 is 108 Å². The Balaban J connectivity index is 1.38.